The molecule has 0 unspecified atom stereocenters. The fraction of sp³-hybridized carbons (Fsp3) is 0.500. The highest BCUT2D eigenvalue weighted by Gasteiger charge is 2.25. The first-order chi connectivity index (χ1) is 14.0. The molecule has 1 heterocycles. The summed E-state index contributed by atoms with van der Waals surface area (Å²) in [5.41, 5.74) is 0.682. The van der Waals surface area contributed by atoms with E-state index >= 15 is 0 Å². The normalized spacial score (nSPS) is 18.7. The Kier molecular flexibility index (Phi) is 7.75. The Morgan fingerprint density at radius 3 is 2.66 bits per heavy atom. The summed E-state index contributed by atoms with van der Waals surface area (Å²) < 4.78 is 10.8. The van der Waals surface area contributed by atoms with Gasteiger partial charge >= 0.3 is 5.97 Å². The highest BCUT2D eigenvalue weighted by atomic mass is 32.2. The maximum absolute atomic E-state index is 12.2. The molecule has 0 spiro atoms. The van der Waals surface area contributed by atoms with Crippen molar-refractivity contribution in [3.05, 3.63) is 28.7 Å². The molecule has 6 nitrogen and oxygen atoms in total. The van der Waals surface area contributed by atoms with Crippen molar-refractivity contribution in [3.8, 4) is 11.5 Å². The van der Waals surface area contributed by atoms with E-state index in [-0.39, 0.29) is 11.2 Å². The van der Waals surface area contributed by atoms with E-state index in [4.69, 9.17) is 9.47 Å². The van der Waals surface area contributed by atoms with Crippen molar-refractivity contribution >= 4 is 35.0 Å². The van der Waals surface area contributed by atoms with E-state index < -0.39 is 5.91 Å². The maximum Gasteiger partial charge on any atom is 0.311 e. The predicted molar refractivity (Wildman–Crippen MR) is 113 cm³/mol. The number of imide groups is 1. The number of methoxy groups -OCH3 is 1. The molecular formula is C22H27NO5S. The van der Waals surface area contributed by atoms with Crippen LogP contribution in [0.2, 0.25) is 0 Å². The van der Waals surface area contributed by atoms with Crippen LogP contribution in [-0.2, 0) is 9.59 Å². The van der Waals surface area contributed by atoms with E-state index in [0.29, 0.717) is 28.4 Å². The standard InChI is InChI=1S/C22H27NO5S/c1-27-18-13-16(14-19-21(25)23-22(26)29-19)11-12-17(18)28-20(24)10-6-5-9-15-7-3-2-4-8-15/h11-15H,2-10H2,1H3,(H,23,25,26). The van der Waals surface area contributed by atoms with Gasteiger partial charge in [0.1, 0.15) is 0 Å². The molecule has 1 aliphatic heterocycles. The fourth-order valence-electron chi connectivity index (χ4n) is 3.78. The van der Waals surface area contributed by atoms with Crippen molar-refractivity contribution in [3.63, 3.8) is 0 Å². The quantitative estimate of drug-likeness (QED) is 0.275. The SMILES string of the molecule is COc1cc(C=C2SC(=O)NC2=O)ccc1OC(=O)CCCCC1CCCCC1. The van der Waals surface area contributed by atoms with Gasteiger partial charge in [-0.1, -0.05) is 51.0 Å². The summed E-state index contributed by atoms with van der Waals surface area (Å²) in [4.78, 5) is 35.4. The number of esters is 1. The van der Waals surface area contributed by atoms with Crippen LogP contribution >= 0.6 is 11.8 Å². The van der Waals surface area contributed by atoms with Gasteiger partial charge in [-0.25, -0.2) is 0 Å². The molecule has 1 aromatic rings. The molecule has 2 amide bonds. The van der Waals surface area contributed by atoms with E-state index in [1.54, 1.807) is 24.3 Å². The van der Waals surface area contributed by atoms with Crippen LogP contribution in [0.15, 0.2) is 23.1 Å². The molecular weight excluding hydrogens is 390 g/mol. The Hall–Kier alpha value is -2.28. The number of ether oxygens (including phenoxy) is 2. The van der Waals surface area contributed by atoms with E-state index in [9.17, 15) is 14.4 Å². The van der Waals surface area contributed by atoms with Crippen LogP contribution in [0.4, 0.5) is 4.79 Å². The number of carbonyl (C=O) groups excluding carboxylic acids is 3. The van der Waals surface area contributed by atoms with E-state index in [1.165, 1.54) is 45.6 Å². The van der Waals surface area contributed by atoms with Crippen LogP contribution < -0.4 is 14.8 Å². The average Bonchev–Trinajstić information content (AvgIpc) is 3.04. The average molecular weight is 418 g/mol. The summed E-state index contributed by atoms with van der Waals surface area (Å²) in [6.07, 6.45) is 11.8. The zero-order valence-electron chi connectivity index (χ0n) is 16.7. The van der Waals surface area contributed by atoms with Gasteiger partial charge in [0.2, 0.25) is 0 Å². The predicted octanol–water partition coefficient (Wildman–Crippen LogP) is 5.07. The molecule has 0 radical (unpaired) electrons. The third-order valence-corrected chi connectivity index (χ3v) is 6.13. The van der Waals surface area contributed by atoms with Crippen molar-refractivity contribution in [2.75, 3.05) is 7.11 Å². The zero-order valence-corrected chi connectivity index (χ0v) is 17.5. The number of rotatable bonds is 8. The third kappa shape index (κ3) is 6.35. The smallest absolute Gasteiger partial charge is 0.311 e. The van der Waals surface area contributed by atoms with Gasteiger partial charge in [0.25, 0.3) is 11.1 Å². The van der Waals surface area contributed by atoms with Gasteiger partial charge in [0, 0.05) is 6.42 Å². The second-order valence-electron chi connectivity index (χ2n) is 7.49. The highest BCUT2D eigenvalue weighted by molar-refractivity contribution is 8.18. The Morgan fingerprint density at radius 1 is 1.17 bits per heavy atom. The van der Waals surface area contributed by atoms with E-state index in [0.717, 1.165) is 30.5 Å². The van der Waals surface area contributed by atoms with Crippen LogP contribution in [0, 0.1) is 5.92 Å². The summed E-state index contributed by atoms with van der Waals surface area (Å²) in [6.45, 7) is 0. The maximum atomic E-state index is 12.2. The van der Waals surface area contributed by atoms with Crippen molar-refractivity contribution in [2.24, 2.45) is 5.92 Å². The summed E-state index contributed by atoms with van der Waals surface area (Å²) >= 11 is 0.853. The van der Waals surface area contributed by atoms with Gasteiger partial charge in [-0.3, -0.25) is 19.7 Å². The molecule has 0 bridgehead atoms. The minimum absolute atomic E-state index is 0.269. The first-order valence-corrected chi connectivity index (χ1v) is 11.0. The summed E-state index contributed by atoms with van der Waals surface area (Å²) in [7, 11) is 1.49. The lowest BCUT2D eigenvalue weighted by atomic mass is 9.86. The monoisotopic (exact) mass is 417 g/mol. The molecule has 29 heavy (non-hydrogen) atoms. The summed E-state index contributed by atoms with van der Waals surface area (Å²) in [5.74, 6) is 0.908. The van der Waals surface area contributed by atoms with Crippen LogP contribution in [0.5, 0.6) is 11.5 Å². The number of thioether (sulfide) groups is 1. The molecule has 7 heteroatoms. The van der Waals surface area contributed by atoms with Crippen LogP contribution in [0.25, 0.3) is 6.08 Å². The number of unbranched alkanes of at least 4 members (excludes halogenated alkanes) is 1. The second kappa shape index (κ2) is 10.5. The highest BCUT2D eigenvalue weighted by Crippen LogP contribution is 2.32. The molecule has 2 aliphatic rings. The molecule has 3 rings (SSSR count). The van der Waals surface area contributed by atoms with Crippen LogP contribution in [0.3, 0.4) is 0 Å². The van der Waals surface area contributed by atoms with Crippen molar-refractivity contribution < 1.29 is 23.9 Å². The van der Waals surface area contributed by atoms with Crippen LogP contribution in [0.1, 0.15) is 63.4 Å². The third-order valence-electron chi connectivity index (χ3n) is 5.32. The second-order valence-corrected chi connectivity index (χ2v) is 8.50. The Morgan fingerprint density at radius 2 is 1.97 bits per heavy atom. The molecule has 156 valence electrons. The van der Waals surface area contributed by atoms with E-state index in [1.807, 2.05) is 0 Å². The minimum Gasteiger partial charge on any atom is -0.493 e. The number of amides is 2. The van der Waals surface area contributed by atoms with Gasteiger partial charge in [0.05, 0.1) is 12.0 Å². The summed E-state index contributed by atoms with van der Waals surface area (Å²) in [6, 6.07) is 5.04. The van der Waals surface area contributed by atoms with Crippen LogP contribution in [-0.4, -0.2) is 24.2 Å². The Labute approximate surface area is 175 Å². The Bertz CT molecular complexity index is 798. The first-order valence-electron chi connectivity index (χ1n) is 10.2. The molecule has 2 fully saturated rings. The number of nitrogens with one attached hydrogen (secondary N) is 1. The topological polar surface area (TPSA) is 81.7 Å². The number of benzene rings is 1. The molecule has 0 atom stereocenters. The van der Waals surface area contributed by atoms with Crippen molar-refractivity contribution in [2.45, 2.75) is 57.8 Å². The molecule has 1 N–H and O–H groups in total. The molecule has 1 saturated carbocycles. The van der Waals surface area contributed by atoms with Gasteiger partial charge < -0.3 is 9.47 Å². The largest absolute Gasteiger partial charge is 0.493 e. The summed E-state index contributed by atoms with van der Waals surface area (Å²) in [5, 5.41) is 1.83. The Balaban J connectivity index is 1.50. The molecule has 1 aromatic carbocycles. The van der Waals surface area contributed by atoms with E-state index in [2.05, 4.69) is 5.32 Å². The van der Waals surface area contributed by atoms with Crippen molar-refractivity contribution in [1.29, 1.82) is 0 Å². The molecule has 1 aliphatic carbocycles. The van der Waals surface area contributed by atoms with Crippen molar-refractivity contribution in [1.82, 2.24) is 5.32 Å². The lowest BCUT2D eigenvalue weighted by molar-refractivity contribution is -0.134. The lowest BCUT2D eigenvalue weighted by Gasteiger charge is -2.21. The fourth-order valence-corrected chi connectivity index (χ4v) is 4.46. The minimum atomic E-state index is -0.414. The molecule has 0 aromatic heterocycles. The lowest BCUT2D eigenvalue weighted by Crippen LogP contribution is -2.17. The number of carbonyl (C=O) groups is 3. The van der Waals surface area contributed by atoms with Gasteiger partial charge in [-0.2, -0.15) is 0 Å². The zero-order chi connectivity index (χ0) is 20.6. The van der Waals surface area contributed by atoms with Gasteiger partial charge in [-0.05, 0) is 47.9 Å². The first kappa shape index (κ1) is 21.4. The number of hydrogen-bond acceptors (Lipinski definition) is 6. The number of hydrogen-bond donors (Lipinski definition) is 1. The van der Waals surface area contributed by atoms with Gasteiger partial charge in [-0.15, -0.1) is 0 Å². The van der Waals surface area contributed by atoms with Gasteiger partial charge in [0.15, 0.2) is 11.5 Å². The molecule has 1 saturated heterocycles.